The Kier molecular flexibility index (Phi) is 3.35. The molecule has 1 fully saturated rings. The highest BCUT2D eigenvalue weighted by Crippen LogP contribution is 2.11. The molecule has 1 saturated heterocycles. The molecule has 0 saturated carbocycles. The second kappa shape index (κ2) is 4.93. The molecule has 17 heavy (non-hydrogen) atoms. The van der Waals surface area contributed by atoms with Crippen molar-refractivity contribution in [2.24, 2.45) is 0 Å². The maximum absolute atomic E-state index is 13.5. The topological polar surface area (TPSA) is 56.1 Å². The van der Waals surface area contributed by atoms with Crippen LogP contribution in [0, 0.1) is 17.1 Å². The van der Waals surface area contributed by atoms with Crippen molar-refractivity contribution in [3.8, 4) is 6.07 Å². The average molecular weight is 233 g/mol. The molecule has 88 valence electrons. The molecule has 0 bridgehead atoms. The van der Waals surface area contributed by atoms with Crippen LogP contribution in [0.25, 0.3) is 0 Å². The molecule has 1 heterocycles. The Balaban J connectivity index is 2.11. The Morgan fingerprint density at radius 3 is 2.71 bits per heavy atom. The Labute approximate surface area is 98.6 Å². The van der Waals surface area contributed by atoms with Crippen LogP contribution in [0.15, 0.2) is 18.2 Å². The molecule has 4 nitrogen and oxygen atoms in total. The predicted molar refractivity (Wildman–Crippen MR) is 59.4 cm³/mol. The number of benzene rings is 1. The zero-order valence-corrected chi connectivity index (χ0v) is 9.24. The fourth-order valence-electron chi connectivity index (χ4n) is 1.80. The molecule has 1 aromatic rings. The molecule has 0 aromatic heterocycles. The first kappa shape index (κ1) is 11.6. The average Bonchev–Trinajstić information content (AvgIpc) is 2.81. The summed E-state index contributed by atoms with van der Waals surface area (Å²) in [5, 5.41) is 10.4. The number of hydrazine groups is 1. The smallest absolute Gasteiger partial charge is 0.268 e. The molecule has 0 aliphatic carbocycles. The summed E-state index contributed by atoms with van der Waals surface area (Å²) in [5.41, 5.74) is 2.82. The normalized spacial score (nSPS) is 15.5. The second-order valence-electron chi connectivity index (χ2n) is 3.94. The maximum atomic E-state index is 13.5. The van der Waals surface area contributed by atoms with E-state index in [-0.39, 0.29) is 11.1 Å². The van der Waals surface area contributed by atoms with Gasteiger partial charge < -0.3 is 0 Å². The van der Waals surface area contributed by atoms with Gasteiger partial charge >= 0.3 is 0 Å². The van der Waals surface area contributed by atoms with Crippen molar-refractivity contribution in [1.29, 1.82) is 5.26 Å². The van der Waals surface area contributed by atoms with Crippen LogP contribution in [0.3, 0.4) is 0 Å². The van der Waals surface area contributed by atoms with Gasteiger partial charge in [-0.15, -0.1) is 0 Å². The van der Waals surface area contributed by atoms with Gasteiger partial charge in [-0.2, -0.15) is 5.26 Å². The van der Waals surface area contributed by atoms with Gasteiger partial charge in [0.25, 0.3) is 5.91 Å². The van der Waals surface area contributed by atoms with Gasteiger partial charge in [0.1, 0.15) is 5.82 Å². The van der Waals surface area contributed by atoms with Gasteiger partial charge in [0.15, 0.2) is 0 Å². The molecule has 1 aliphatic heterocycles. The van der Waals surface area contributed by atoms with Crippen molar-refractivity contribution in [2.45, 2.75) is 12.8 Å². The number of nitrogens with one attached hydrogen (secondary N) is 1. The minimum Gasteiger partial charge on any atom is -0.285 e. The number of amides is 1. The monoisotopic (exact) mass is 233 g/mol. The van der Waals surface area contributed by atoms with Crippen molar-refractivity contribution in [3.63, 3.8) is 0 Å². The van der Waals surface area contributed by atoms with Gasteiger partial charge in [-0.25, -0.2) is 9.40 Å². The molecule has 5 heteroatoms. The number of carbonyl (C=O) groups excluding carboxylic acids is 1. The number of hydrogen-bond donors (Lipinski definition) is 1. The second-order valence-corrected chi connectivity index (χ2v) is 3.94. The third-order valence-electron chi connectivity index (χ3n) is 2.71. The summed E-state index contributed by atoms with van der Waals surface area (Å²) >= 11 is 0. The van der Waals surface area contributed by atoms with Crippen LogP contribution in [-0.2, 0) is 0 Å². The SMILES string of the molecule is N#Cc1ccc(C(=O)NN2CCCC2)c(F)c1. The molecule has 0 unspecified atom stereocenters. The van der Waals surface area contributed by atoms with Gasteiger partial charge in [0.05, 0.1) is 17.2 Å². The van der Waals surface area contributed by atoms with Crippen molar-refractivity contribution >= 4 is 5.91 Å². The Morgan fingerprint density at radius 1 is 1.41 bits per heavy atom. The lowest BCUT2D eigenvalue weighted by molar-refractivity contribution is 0.0821. The van der Waals surface area contributed by atoms with Gasteiger partial charge in [-0.1, -0.05) is 0 Å². The highest BCUT2D eigenvalue weighted by Gasteiger charge is 2.17. The van der Waals surface area contributed by atoms with Crippen LogP contribution < -0.4 is 5.43 Å². The molecule has 0 radical (unpaired) electrons. The third kappa shape index (κ3) is 2.60. The molecule has 1 amide bonds. The van der Waals surface area contributed by atoms with Crippen LogP contribution in [0.4, 0.5) is 4.39 Å². The Hall–Kier alpha value is -1.93. The van der Waals surface area contributed by atoms with E-state index in [0.29, 0.717) is 0 Å². The lowest BCUT2D eigenvalue weighted by atomic mass is 10.1. The summed E-state index contributed by atoms with van der Waals surface area (Å²) in [7, 11) is 0. The number of carbonyl (C=O) groups is 1. The molecular weight excluding hydrogens is 221 g/mol. The first-order valence-electron chi connectivity index (χ1n) is 5.46. The first-order valence-corrected chi connectivity index (χ1v) is 5.46. The summed E-state index contributed by atoms with van der Waals surface area (Å²) < 4.78 is 13.5. The summed E-state index contributed by atoms with van der Waals surface area (Å²) in [4.78, 5) is 11.7. The van der Waals surface area contributed by atoms with E-state index in [1.54, 1.807) is 5.01 Å². The fourth-order valence-corrected chi connectivity index (χ4v) is 1.80. The molecule has 2 rings (SSSR count). The molecule has 0 atom stereocenters. The summed E-state index contributed by atoms with van der Waals surface area (Å²) in [6, 6.07) is 5.66. The highest BCUT2D eigenvalue weighted by molar-refractivity contribution is 5.94. The number of hydrogen-bond acceptors (Lipinski definition) is 3. The van der Waals surface area contributed by atoms with Crippen molar-refractivity contribution < 1.29 is 9.18 Å². The van der Waals surface area contributed by atoms with E-state index in [4.69, 9.17) is 5.26 Å². The predicted octanol–water partition coefficient (Wildman–Crippen LogP) is 1.44. The standard InChI is InChI=1S/C12H12FN3O/c13-11-7-9(8-14)3-4-10(11)12(17)15-16-5-1-2-6-16/h3-4,7H,1-2,5-6H2,(H,15,17). The van der Waals surface area contributed by atoms with Crippen LogP contribution in [0.5, 0.6) is 0 Å². The highest BCUT2D eigenvalue weighted by atomic mass is 19.1. The zero-order chi connectivity index (χ0) is 12.3. The number of rotatable bonds is 2. The molecule has 1 aromatic carbocycles. The van der Waals surface area contributed by atoms with Crippen LogP contribution >= 0.6 is 0 Å². The van der Waals surface area contributed by atoms with E-state index in [1.807, 2.05) is 6.07 Å². The van der Waals surface area contributed by atoms with E-state index >= 15 is 0 Å². The van der Waals surface area contributed by atoms with Gasteiger partial charge in [0.2, 0.25) is 0 Å². The quantitative estimate of drug-likeness (QED) is 0.840. The van der Waals surface area contributed by atoms with Crippen LogP contribution in [0.2, 0.25) is 0 Å². The number of nitrogens with zero attached hydrogens (tertiary/aromatic N) is 2. The molecular formula is C12H12FN3O. The van der Waals surface area contributed by atoms with E-state index in [2.05, 4.69) is 5.43 Å². The van der Waals surface area contributed by atoms with E-state index < -0.39 is 11.7 Å². The largest absolute Gasteiger partial charge is 0.285 e. The van der Waals surface area contributed by atoms with Crippen LogP contribution in [-0.4, -0.2) is 24.0 Å². The van der Waals surface area contributed by atoms with Crippen molar-refractivity contribution in [1.82, 2.24) is 10.4 Å². The summed E-state index contributed by atoms with van der Waals surface area (Å²) in [6.07, 6.45) is 2.08. The fraction of sp³-hybridized carbons (Fsp3) is 0.333. The summed E-state index contributed by atoms with van der Waals surface area (Å²) in [5.74, 6) is -1.13. The first-order chi connectivity index (χ1) is 8.20. The lowest BCUT2D eigenvalue weighted by Crippen LogP contribution is -2.40. The van der Waals surface area contributed by atoms with E-state index in [9.17, 15) is 9.18 Å². The van der Waals surface area contributed by atoms with Crippen molar-refractivity contribution in [2.75, 3.05) is 13.1 Å². The third-order valence-corrected chi connectivity index (χ3v) is 2.71. The molecule has 0 spiro atoms. The lowest BCUT2D eigenvalue weighted by Gasteiger charge is -2.16. The van der Waals surface area contributed by atoms with E-state index in [1.165, 1.54) is 12.1 Å². The number of halogens is 1. The number of nitriles is 1. The van der Waals surface area contributed by atoms with E-state index in [0.717, 1.165) is 32.0 Å². The zero-order valence-electron chi connectivity index (χ0n) is 9.24. The molecule has 1 N–H and O–H groups in total. The van der Waals surface area contributed by atoms with Gasteiger partial charge in [-0.05, 0) is 31.0 Å². The molecule has 1 aliphatic rings. The van der Waals surface area contributed by atoms with Crippen LogP contribution in [0.1, 0.15) is 28.8 Å². The van der Waals surface area contributed by atoms with Crippen molar-refractivity contribution in [3.05, 3.63) is 35.1 Å². The van der Waals surface area contributed by atoms with Gasteiger partial charge in [-0.3, -0.25) is 10.2 Å². The minimum absolute atomic E-state index is 0.0316. The Morgan fingerprint density at radius 2 is 2.12 bits per heavy atom. The summed E-state index contributed by atoms with van der Waals surface area (Å²) in [6.45, 7) is 1.59. The maximum Gasteiger partial charge on any atom is 0.268 e. The van der Waals surface area contributed by atoms with Gasteiger partial charge in [0, 0.05) is 13.1 Å². The Bertz CT molecular complexity index is 475. The minimum atomic E-state index is -0.666.